The van der Waals surface area contributed by atoms with Crippen molar-refractivity contribution >= 4 is 6.08 Å². The van der Waals surface area contributed by atoms with Gasteiger partial charge < -0.3 is 0 Å². The van der Waals surface area contributed by atoms with Gasteiger partial charge in [-0.05, 0) is 30.5 Å². The van der Waals surface area contributed by atoms with Gasteiger partial charge in [0.15, 0.2) is 0 Å². The van der Waals surface area contributed by atoms with E-state index in [0.29, 0.717) is 0 Å². The molecule has 0 amide bonds. The third-order valence-corrected chi connectivity index (χ3v) is 3.52. The van der Waals surface area contributed by atoms with Crippen LogP contribution in [0.1, 0.15) is 24.6 Å². The van der Waals surface area contributed by atoms with Crippen molar-refractivity contribution in [3.63, 3.8) is 0 Å². The summed E-state index contributed by atoms with van der Waals surface area (Å²) >= 11 is 0. The molecule has 0 aliphatic heterocycles. The maximum absolute atomic E-state index is 4.56. The number of pyridine rings is 1. The summed E-state index contributed by atoms with van der Waals surface area (Å²) in [5.74, 6) is 0. The first-order valence-corrected chi connectivity index (χ1v) is 5.99. The summed E-state index contributed by atoms with van der Waals surface area (Å²) in [4.78, 5) is 4.56. The molecule has 1 unspecified atom stereocenters. The number of nitrogens with zero attached hydrogens (tertiary/aromatic N) is 1. The summed E-state index contributed by atoms with van der Waals surface area (Å²) in [6.07, 6.45) is 18.2. The Morgan fingerprint density at radius 3 is 3.12 bits per heavy atom. The third kappa shape index (κ3) is 1.59. The van der Waals surface area contributed by atoms with Crippen molar-refractivity contribution in [3.8, 4) is 0 Å². The summed E-state index contributed by atoms with van der Waals surface area (Å²) < 4.78 is 0. The topological polar surface area (TPSA) is 12.9 Å². The van der Waals surface area contributed by atoms with Crippen LogP contribution >= 0.6 is 0 Å². The van der Waals surface area contributed by atoms with E-state index in [0.717, 1.165) is 12.1 Å². The van der Waals surface area contributed by atoms with Gasteiger partial charge >= 0.3 is 0 Å². The number of aromatic nitrogens is 1. The van der Waals surface area contributed by atoms with Gasteiger partial charge in [-0.1, -0.05) is 48.6 Å². The normalized spacial score (nSPS) is 25.6. The van der Waals surface area contributed by atoms with Gasteiger partial charge in [0.05, 0.1) is 11.1 Å². The van der Waals surface area contributed by atoms with E-state index in [1.54, 1.807) is 0 Å². The molecular formula is C16H15N. The second-order valence-corrected chi connectivity index (χ2v) is 4.66. The highest BCUT2D eigenvalue weighted by Crippen LogP contribution is 2.40. The molecule has 0 fully saturated rings. The van der Waals surface area contributed by atoms with E-state index in [-0.39, 0.29) is 5.41 Å². The van der Waals surface area contributed by atoms with Crippen LogP contribution in [0, 0.1) is 0 Å². The monoisotopic (exact) mass is 221 g/mol. The highest BCUT2D eigenvalue weighted by molar-refractivity contribution is 5.67. The van der Waals surface area contributed by atoms with Gasteiger partial charge in [-0.25, -0.2) is 0 Å². The number of allylic oxidation sites excluding steroid dienone is 7. The van der Waals surface area contributed by atoms with Crippen molar-refractivity contribution in [1.82, 2.24) is 4.98 Å². The molecule has 0 aromatic carbocycles. The van der Waals surface area contributed by atoms with Gasteiger partial charge in [-0.2, -0.15) is 0 Å². The Hall–Kier alpha value is -1.89. The lowest BCUT2D eigenvalue weighted by atomic mass is 9.80. The van der Waals surface area contributed by atoms with Crippen LogP contribution in [0.5, 0.6) is 0 Å². The summed E-state index contributed by atoms with van der Waals surface area (Å²) in [5.41, 5.74) is 3.66. The van der Waals surface area contributed by atoms with Crippen LogP contribution in [0.25, 0.3) is 6.08 Å². The Bertz CT molecular complexity index is 561. The molecular weight excluding hydrogens is 206 g/mol. The van der Waals surface area contributed by atoms with Crippen LogP contribution in [0.15, 0.2) is 60.4 Å². The zero-order valence-corrected chi connectivity index (χ0v) is 9.93. The maximum atomic E-state index is 4.56. The summed E-state index contributed by atoms with van der Waals surface area (Å²) in [5, 5.41) is 0. The highest BCUT2D eigenvalue weighted by Gasteiger charge is 2.33. The Morgan fingerprint density at radius 2 is 2.18 bits per heavy atom. The lowest BCUT2D eigenvalue weighted by Gasteiger charge is -2.24. The molecule has 2 aliphatic carbocycles. The van der Waals surface area contributed by atoms with Gasteiger partial charge in [0, 0.05) is 6.20 Å². The minimum atomic E-state index is -0.0703. The molecule has 0 saturated heterocycles. The Labute approximate surface area is 102 Å². The molecule has 0 spiro atoms. The predicted molar refractivity (Wildman–Crippen MR) is 71.6 cm³/mol. The molecule has 1 nitrogen and oxygen atoms in total. The molecule has 1 atom stereocenters. The van der Waals surface area contributed by atoms with Crippen molar-refractivity contribution in [2.45, 2.75) is 18.8 Å². The smallest absolute Gasteiger partial charge is 0.0616 e. The number of fused-ring (bicyclic) bond motifs is 1. The molecule has 1 heteroatoms. The largest absolute Gasteiger partial charge is 0.259 e. The van der Waals surface area contributed by atoms with Crippen molar-refractivity contribution in [2.24, 2.45) is 0 Å². The number of rotatable bonds is 1. The van der Waals surface area contributed by atoms with E-state index in [4.69, 9.17) is 0 Å². The van der Waals surface area contributed by atoms with Gasteiger partial charge in [0.25, 0.3) is 0 Å². The van der Waals surface area contributed by atoms with Crippen LogP contribution in [0.3, 0.4) is 0 Å². The second kappa shape index (κ2) is 3.85. The first kappa shape index (κ1) is 10.3. The highest BCUT2D eigenvalue weighted by atomic mass is 14.7. The second-order valence-electron chi connectivity index (χ2n) is 4.66. The molecule has 1 aromatic rings. The number of hydrogen-bond donors (Lipinski definition) is 0. The number of hydrogen-bond acceptors (Lipinski definition) is 1. The molecule has 17 heavy (non-hydrogen) atoms. The van der Waals surface area contributed by atoms with Crippen LogP contribution in [-0.4, -0.2) is 4.98 Å². The van der Waals surface area contributed by atoms with E-state index in [1.807, 2.05) is 12.3 Å². The average Bonchev–Trinajstić information content (AvgIpc) is 2.58. The summed E-state index contributed by atoms with van der Waals surface area (Å²) in [6.45, 7) is 2.24. The van der Waals surface area contributed by atoms with Crippen LogP contribution < -0.4 is 0 Å². The molecule has 2 aliphatic rings. The summed E-state index contributed by atoms with van der Waals surface area (Å²) in [7, 11) is 0. The quantitative estimate of drug-likeness (QED) is 0.702. The fraction of sp³-hybridized carbons (Fsp3) is 0.188. The predicted octanol–water partition coefficient (Wildman–Crippen LogP) is 3.81. The first-order chi connectivity index (χ1) is 8.31. The van der Waals surface area contributed by atoms with E-state index in [9.17, 15) is 0 Å². The molecule has 84 valence electrons. The van der Waals surface area contributed by atoms with Crippen LogP contribution in [0.4, 0.5) is 0 Å². The lowest BCUT2D eigenvalue weighted by molar-refractivity contribution is 0.704. The van der Waals surface area contributed by atoms with Crippen molar-refractivity contribution in [2.75, 3.05) is 0 Å². The Balaban J connectivity index is 2.10. The van der Waals surface area contributed by atoms with E-state index >= 15 is 0 Å². The molecule has 0 bridgehead atoms. The van der Waals surface area contributed by atoms with Crippen molar-refractivity contribution in [3.05, 3.63) is 71.6 Å². The van der Waals surface area contributed by atoms with Crippen LogP contribution in [0.2, 0.25) is 0 Å². The zero-order valence-electron chi connectivity index (χ0n) is 9.93. The Kier molecular flexibility index (Phi) is 2.32. The van der Waals surface area contributed by atoms with E-state index in [2.05, 4.69) is 60.5 Å². The van der Waals surface area contributed by atoms with E-state index in [1.165, 1.54) is 11.1 Å². The van der Waals surface area contributed by atoms with E-state index < -0.39 is 0 Å². The molecule has 3 rings (SSSR count). The molecule has 1 aromatic heterocycles. The molecule has 0 N–H and O–H groups in total. The minimum Gasteiger partial charge on any atom is -0.259 e. The van der Waals surface area contributed by atoms with Gasteiger partial charge in [0.2, 0.25) is 0 Å². The molecule has 1 heterocycles. The first-order valence-electron chi connectivity index (χ1n) is 5.99. The third-order valence-electron chi connectivity index (χ3n) is 3.52. The molecule has 0 radical (unpaired) electrons. The fourth-order valence-corrected chi connectivity index (χ4v) is 2.52. The fourth-order valence-electron chi connectivity index (χ4n) is 2.52. The van der Waals surface area contributed by atoms with Crippen LogP contribution in [-0.2, 0) is 5.41 Å². The van der Waals surface area contributed by atoms with Crippen molar-refractivity contribution in [1.29, 1.82) is 0 Å². The maximum Gasteiger partial charge on any atom is 0.0616 e. The average molecular weight is 221 g/mol. The molecule has 0 saturated carbocycles. The summed E-state index contributed by atoms with van der Waals surface area (Å²) in [6, 6.07) is 4.12. The standard InChI is InChI=1S/C16H15N/c1-16(14-8-4-2-3-5-9-14)11-10-13-7-6-12-17-15(13)16/h2-4,6-12H,5H2,1H3. The van der Waals surface area contributed by atoms with Gasteiger partial charge in [0.1, 0.15) is 0 Å². The van der Waals surface area contributed by atoms with Gasteiger partial charge in [-0.3, -0.25) is 4.98 Å². The zero-order chi connectivity index (χ0) is 11.7. The van der Waals surface area contributed by atoms with Crippen molar-refractivity contribution < 1.29 is 0 Å². The minimum absolute atomic E-state index is 0.0703. The lowest BCUT2D eigenvalue weighted by Crippen LogP contribution is -2.20. The van der Waals surface area contributed by atoms with Gasteiger partial charge in [-0.15, -0.1) is 0 Å². The SMILES string of the molecule is CC1(C2=CCC=CC=C2)C=Cc2cccnc21. The Morgan fingerprint density at radius 1 is 1.24 bits per heavy atom.